The number of aromatic carboxylic acids is 1. The monoisotopic (exact) mass is 235 g/mol. The van der Waals surface area contributed by atoms with Crippen molar-refractivity contribution in [1.82, 2.24) is 5.32 Å². The maximum atomic E-state index is 11.0. The smallest absolute Gasteiger partial charge is 0.339 e. The number of para-hydroxylation sites is 1. The molecule has 0 bridgehead atoms. The highest BCUT2D eigenvalue weighted by atomic mass is 16.5. The predicted molar refractivity (Wildman–Crippen MR) is 64.7 cm³/mol. The van der Waals surface area contributed by atoms with Crippen molar-refractivity contribution in [3.8, 4) is 5.75 Å². The maximum absolute atomic E-state index is 11.0. The van der Waals surface area contributed by atoms with E-state index in [0.29, 0.717) is 18.4 Å². The van der Waals surface area contributed by atoms with Gasteiger partial charge in [-0.05, 0) is 18.1 Å². The van der Waals surface area contributed by atoms with Crippen molar-refractivity contribution < 1.29 is 14.6 Å². The Morgan fingerprint density at radius 3 is 2.94 bits per heavy atom. The molecular formula is C13H17NO3. The number of benzene rings is 1. The maximum Gasteiger partial charge on any atom is 0.339 e. The van der Waals surface area contributed by atoms with Crippen LogP contribution in [0.1, 0.15) is 29.8 Å². The van der Waals surface area contributed by atoms with Crippen LogP contribution in [0.15, 0.2) is 18.2 Å². The lowest BCUT2D eigenvalue weighted by Crippen LogP contribution is -2.43. The van der Waals surface area contributed by atoms with E-state index in [4.69, 9.17) is 9.84 Å². The first-order valence-corrected chi connectivity index (χ1v) is 5.82. The molecular weight excluding hydrogens is 218 g/mol. The van der Waals surface area contributed by atoms with Gasteiger partial charge in [0.15, 0.2) is 0 Å². The second-order valence-electron chi connectivity index (χ2n) is 4.63. The molecule has 17 heavy (non-hydrogen) atoms. The lowest BCUT2D eigenvalue weighted by atomic mass is 9.99. The second kappa shape index (κ2) is 4.75. The molecule has 1 atom stereocenters. The summed E-state index contributed by atoms with van der Waals surface area (Å²) in [7, 11) is 0. The molecule has 1 aromatic carbocycles. The van der Waals surface area contributed by atoms with Gasteiger partial charge < -0.3 is 15.2 Å². The number of carboxylic acids is 1. The molecule has 0 amide bonds. The van der Waals surface area contributed by atoms with E-state index in [1.165, 1.54) is 0 Å². The molecule has 0 radical (unpaired) electrons. The topological polar surface area (TPSA) is 58.6 Å². The van der Waals surface area contributed by atoms with Crippen LogP contribution in [0.3, 0.4) is 0 Å². The van der Waals surface area contributed by atoms with Crippen LogP contribution in [0.5, 0.6) is 5.75 Å². The van der Waals surface area contributed by atoms with E-state index in [1.807, 2.05) is 6.07 Å². The molecule has 1 heterocycles. The predicted octanol–water partition coefficient (Wildman–Crippen LogP) is 1.69. The summed E-state index contributed by atoms with van der Waals surface area (Å²) in [6.45, 7) is 4.70. The molecule has 1 aliphatic heterocycles. The van der Waals surface area contributed by atoms with Crippen molar-refractivity contribution in [3.05, 3.63) is 29.3 Å². The summed E-state index contributed by atoms with van der Waals surface area (Å²) in [6.07, 6.45) is 0.814. The Hall–Kier alpha value is -1.55. The van der Waals surface area contributed by atoms with E-state index >= 15 is 0 Å². The van der Waals surface area contributed by atoms with E-state index in [0.717, 1.165) is 12.0 Å². The number of hydrogen-bond donors (Lipinski definition) is 2. The van der Waals surface area contributed by atoms with E-state index in [-0.39, 0.29) is 11.6 Å². The standard InChI is InChI=1S/C13H17NO3/c1-8(2)14-10-6-9-4-3-5-11(13(15)16)12(9)17-7-10/h3-5,8,10,14H,6-7H2,1-2H3,(H,15,16). The third-order valence-corrected chi connectivity index (χ3v) is 2.79. The molecule has 0 saturated carbocycles. The SMILES string of the molecule is CC(C)NC1COc2c(cccc2C(=O)O)C1. The zero-order valence-electron chi connectivity index (χ0n) is 10.1. The zero-order valence-corrected chi connectivity index (χ0v) is 10.1. The van der Waals surface area contributed by atoms with E-state index in [9.17, 15) is 4.79 Å². The van der Waals surface area contributed by atoms with Gasteiger partial charge in [-0.15, -0.1) is 0 Å². The minimum Gasteiger partial charge on any atom is -0.491 e. The van der Waals surface area contributed by atoms with Crippen molar-refractivity contribution in [3.63, 3.8) is 0 Å². The number of hydrogen-bond acceptors (Lipinski definition) is 3. The number of rotatable bonds is 3. The van der Waals surface area contributed by atoms with Gasteiger partial charge in [-0.2, -0.15) is 0 Å². The molecule has 4 heteroatoms. The fourth-order valence-electron chi connectivity index (χ4n) is 2.17. The van der Waals surface area contributed by atoms with E-state index < -0.39 is 5.97 Å². The van der Waals surface area contributed by atoms with Crippen LogP contribution >= 0.6 is 0 Å². The molecule has 92 valence electrons. The van der Waals surface area contributed by atoms with Gasteiger partial charge in [0.1, 0.15) is 17.9 Å². The number of ether oxygens (including phenoxy) is 1. The Labute approximate surface area is 101 Å². The van der Waals surface area contributed by atoms with Crippen LogP contribution in [-0.4, -0.2) is 29.8 Å². The summed E-state index contributed by atoms with van der Waals surface area (Å²) in [6, 6.07) is 5.93. The average molecular weight is 235 g/mol. The largest absolute Gasteiger partial charge is 0.491 e. The molecule has 0 saturated heterocycles. The van der Waals surface area contributed by atoms with Crippen molar-refractivity contribution in [2.24, 2.45) is 0 Å². The van der Waals surface area contributed by atoms with Crippen LogP contribution in [-0.2, 0) is 6.42 Å². The third-order valence-electron chi connectivity index (χ3n) is 2.79. The highest BCUT2D eigenvalue weighted by Crippen LogP contribution is 2.29. The first-order valence-electron chi connectivity index (χ1n) is 5.82. The van der Waals surface area contributed by atoms with E-state index in [1.54, 1.807) is 12.1 Å². The quantitative estimate of drug-likeness (QED) is 0.837. The lowest BCUT2D eigenvalue weighted by molar-refractivity contribution is 0.0690. The van der Waals surface area contributed by atoms with Gasteiger partial charge in [0.05, 0.1) is 0 Å². The lowest BCUT2D eigenvalue weighted by Gasteiger charge is -2.28. The normalized spacial score (nSPS) is 18.6. The fraction of sp³-hybridized carbons (Fsp3) is 0.462. The third kappa shape index (κ3) is 2.58. The summed E-state index contributed by atoms with van der Waals surface area (Å²) in [5.41, 5.74) is 1.22. The Morgan fingerprint density at radius 1 is 1.53 bits per heavy atom. The molecule has 0 aliphatic carbocycles. The molecule has 4 nitrogen and oxygen atoms in total. The van der Waals surface area contributed by atoms with Gasteiger partial charge in [0, 0.05) is 12.1 Å². The van der Waals surface area contributed by atoms with Crippen molar-refractivity contribution >= 4 is 5.97 Å². The van der Waals surface area contributed by atoms with Crippen molar-refractivity contribution in [2.45, 2.75) is 32.4 Å². The van der Waals surface area contributed by atoms with Gasteiger partial charge in [0.25, 0.3) is 0 Å². The Morgan fingerprint density at radius 2 is 2.29 bits per heavy atom. The van der Waals surface area contributed by atoms with Crippen LogP contribution in [0.4, 0.5) is 0 Å². The number of fused-ring (bicyclic) bond motifs is 1. The van der Waals surface area contributed by atoms with Crippen LogP contribution in [0.25, 0.3) is 0 Å². The minimum atomic E-state index is -0.933. The number of carbonyl (C=O) groups is 1. The van der Waals surface area contributed by atoms with Crippen molar-refractivity contribution in [1.29, 1.82) is 0 Å². The second-order valence-corrected chi connectivity index (χ2v) is 4.63. The molecule has 2 N–H and O–H groups in total. The first-order chi connectivity index (χ1) is 8.08. The Kier molecular flexibility index (Phi) is 3.33. The number of nitrogens with one attached hydrogen (secondary N) is 1. The molecule has 0 aromatic heterocycles. The van der Waals surface area contributed by atoms with Gasteiger partial charge in [-0.1, -0.05) is 26.0 Å². The summed E-state index contributed by atoms with van der Waals surface area (Å²) >= 11 is 0. The Balaban J connectivity index is 2.22. The van der Waals surface area contributed by atoms with Crippen LogP contribution < -0.4 is 10.1 Å². The highest BCUT2D eigenvalue weighted by molar-refractivity contribution is 5.91. The first kappa shape index (κ1) is 11.9. The molecule has 1 unspecified atom stereocenters. The van der Waals surface area contributed by atoms with Gasteiger partial charge in [-0.3, -0.25) is 0 Å². The molecule has 0 fully saturated rings. The summed E-state index contributed by atoms with van der Waals surface area (Å²) in [5.74, 6) is -0.404. The van der Waals surface area contributed by atoms with Crippen LogP contribution in [0.2, 0.25) is 0 Å². The zero-order chi connectivity index (χ0) is 12.4. The van der Waals surface area contributed by atoms with Gasteiger partial charge >= 0.3 is 5.97 Å². The van der Waals surface area contributed by atoms with Gasteiger partial charge in [-0.25, -0.2) is 4.79 Å². The molecule has 1 aliphatic rings. The summed E-state index contributed by atoms with van der Waals surface area (Å²) in [5, 5.41) is 12.5. The molecule has 1 aromatic rings. The van der Waals surface area contributed by atoms with Crippen molar-refractivity contribution in [2.75, 3.05) is 6.61 Å². The van der Waals surface area contributed by atoms with Crippen LogP contribution in [0, 0.1) is 0 Å². The fourth-order valence-corrected chi connectivity index (χ4v) is 2.17. The Bertz CT molecular complexity index is 429. The summed E-state index contributed by atoms with van der Waals surface area (Å²) in [4.78, 5) is 11.0. The number of carboxylic acid groups (broad SMARTS) is 1. The summed E-state index contributed by atoms with van der Waals surface area (Å²) < 4.78 is 5.59. The average Bonchev–Trinajstić information content (AvgIpc) is 2.26. The molecule has 2 rings (SSSR count). The highest BCUT2D eigenvalue weighted by Gasteiger charge is 2.24. The van der Waals surface area contributed by atoms with E-state index in [2.05, 4.69) is 19.2 Å². The van der Waals surface area contributed by atoms with Gasteiger partial charge in [0.2, 0.25) is 0 Å². The minimum absolute atomic E-state index is 0.255. The molecule has 0 spiro atoms.